The van der Waals surface area contributed by atoms with Crippen LogP contribution in [0.1, 0.15) is 0 Å². The molecule has 0 atom stereocenters. The van der Waals surface area contributed by atoms with Crippen LogP contribution in [0.25, 0.3) is 22.1 Å². The number of nitrogens with zero attached hydrogens (tertiary/aromatic N) is 4. The summed E-state index contributed by atoms with van der Waals surface area (Å²) >= 11 is 9.80. The second-order valence-electron chi connectivity index (χ2n) is 7.33. The second-order valence-corrected chi connectivity index (χ2v) is 12.7. The SMILES string of the molecule is c1cc2sc1=c1ccc(s1)=c1c3nsnc3c(c3nsnc13)=c1cc/c(s1)=c1\ccc=2s1. The molecule has 0 aliphatic carbocycles. The number of aromatic nitrogens is 4. The Morgan fingerprint density at radius 2 is 0.594 bits per heavy atom. The highest BCUT2D eigenvalue weighted by Crippen LogP contribution is 2.29. The van der Waals surface area contributed by atoms with Crippen molar-refractivity contribution < 1.29 is 0 Å². The van der Waals surface area contributed by atoms with Gasteiger partial charge in [-0.3, -0.25) is 0 Å². The summed E-state index contributed by atoms with van der Waals surface area (Å²) < 4.78 is 29.0. The fourth-order valence-electron chi connectivity index (χ4n) is 4.14. The standard InChI is InChI=1S/C22H8N4S6/c1-3-11-13-5-7-15(29-13)17-19-21(25-31-23-19)18(22-20(17)24-32-26-22)16-8-6-14(30-16)12-4-2-10(28-12)9(1)27-11/h1-8H/b10-9?,13-11-,14-12?,17-15?,18-16?. The van der Waals surface area contributed by atoms with Crippen LogP contribution in [0.4, 0.5) is 0 Å². The van der Waals surface area contributed by atoms with Crippen LogP contribution in [0.5, 0.6) is 0 Å². The highest BCUT2D eigenvalue weighted by atomic mass is 32.1. The molecule has 7 aromatic rings. The summed E-state index contributed by atoms with van der Waals surface area (Å²) in [4.78, 5) is 0. The van der Waals surface area contributed by atoms with E-state index in [1.165, 1.54) is 50.7 Å². The number of hydrogen-bond donors (Lipinski definition) is 0. The summed E-state index contributed by atoms with van der Waals surface area (Å²) in [5.74, 6) is 0. The van der Waals surface area contributed by atoms with Crippen molar-refractivity contribution in [3.63, 3.8) is 0 Å². The first-order chi connectivity index (χ1) is 15.8. The lowest BCUT2D eigenvalue weighted by Crippen LogP contribution is -1.84. The number of benzene rings is 1. The number of hydrogen-bond acceptors (Lipinski definition) is 10. The molecule has 0 amide bonds. The van der Waals surface area contributed by atoms with Crippen molar-refractivity contribution in [1.82, 2.24) is 17.5 Å². The Labute approximate surface area is 202 Å². The first-order valence-corrected chi connectivity index (χ1v) is 14.4. The maximum atomic E-state index is 4.73. The average molecular weight is 521 g/mol. The molecule has 4 nitrogen and oxygen atoms in total. The third-order valence-electron chi connectivity index (χ3n) is 5.57. The molecule has 2 aliphatic rings. The average Bonchev–Trinajstić information content (AvgIpc) is 3.64. The van der Waals surface area contributed by atoms with E-state index in [1.807, 2.05) is 22.7 Å². The van der Waals surface area contributed by atoms with Gasteiger partial charge in [0.15, 0.2) is 0 Å². The van der Waals surface area contributed by atoms with Gasteiger partial charge in [-0.05, 0) is 48.5 Å². The van der Waals surface area contributed by atoms with Crippen LogP contribution in [0.3, 0.4) is 0 Å². The third kappa shape index (κ3) is 2.45. The molecule has 0 N–H and O–H groups in total. The topological polar surface area (TPSA) is 51.6 Å². The van der Waals surface area contributed by atoms with E-state index in [9.17, 15) is 0 Å². The minimum absolute atomic E-state index is 0.922. The maximum absolute atomic E-state index is 4.73. The molecule has 8 heterocycles. The predicted octanol–water partition coefficient (Wildman–Crippen LogP) is 6.69. The van der Waals surface area contributed by atoms with E-state index in [1.54, 1.807) is 22.7 Å². The summed E-state index contributed by atoms with van der Waals surface area (Å²) in [6, 6.07) is 17.8. The summed E-state index contributed by atoms with van der Waals surface area (Å²) in [6.45, 7) is 0. The van der Waals surface area contributed by atoms with Gasteiger partial charge in [0, 0.05) is 46.7 Å². The van der Waals surface area contributed by atoms with E-state index < -0.39 is 0 Å². The zero-order valence-corrected chi connectivity index (χ0v) is 20.8. The molecule has 10 heteroatoms. The molecule has 0 radical (unpaired) electrons. The second kappa shape index (κ2) is 6.60. The van der Waals surface area contributed by atoms with E-state index in [0.29, 0.717) is 0 Å². The van der Waals surface area contributed by atoms with Crippen molar-refractivity contribution in [2.75, 3.05) is 0 Å². The van der Waals surface area contributed by atoms with Crippen LogP contribution >= 0.6 is 68.8 Å². The Balaban J connectivity index is 1.87. The van der Waals surface area contributed by atoms with Crippen LogP contribution in [-0.4, -0.2) is 17.5 Å². The van der Waals surface area contributed by atoms with E-state index in [2.05, 4.69) is 48.5 Å². The number of thiophene rings is 4. The summed E-state index contributed by atoms with van der Waals surface area (Å²) in [6.07, 6.45) is 0. The Bertz CT molecular complexity index is 2120. The Morgan fingerprint density at radius 1 is 0.344 bits per heavy atom. The van der Waals surface area contributed by atoms with Crippen LogP contribution in [-0.2, 0) is 0 Å². The molecule has 0 saturated carbocycles. The van der Waals surface area contributed by atoms with Crippen molar-refractivity contribution >= 4 is 90.9 Å². The monoisotopic (exact) mass is 520 g/mol. The van der Waals surface area contributed by atoms with Crippen LogP contribution in [0.2, 0.25) is 0 Å². The van der Waals surface area contributed by atoms with Gasteiger partial charge in [0.2, 0.25) is 0 Å². The van der Waals surface area contributed by atoms with Crippen LogP contribution < -0.4 is 0 Å². The van der Waals surface area contributed by atoms with Gasteiger partial charge in [-0.15, -0.1) is 45.3 Å². The lowest BCUT2D eigenvalue weighted by molar-refractivity contribution is 1.52. The maximum Gasteiger partial charge on any atom is 0.116 e. The lowest BCUT2D eigenvalue weighted by atomic mass is 10.1. The first kappa shape index (κ1) is 18.1. The van der Waals surface area contributed by atoms with Gasteiger partial charge in [0.25, 0.3) is 0 Å². The largest absolute Gasteiger partial charge is 0.172 e. The molecule has 9 rings (SSSR count). The van der Waals surface area contributed by atoms with Gasteiger partial charge in [0.1, 0.15) is 22.1 Å². The van der Waals surface area contributed by atoms with E-state index in [-0.39, 0.29) is 0 Å². The molecule has 0 fully saturated rings. The van der Waals surface area contributed by atoms with Crippen molar-refractivity contribution in [3.8, 4) is 0 Å². The highest BCUT2D eigenvalue weighted by molar-refractivity contribution is 7.14. The molecule has 6 aromatic heterocycles. The molecule has 0 saturated heterocycles. The van der Waals surface area contributed by atoms with Gasteiger partial charge in [-0.1, -0.05) is 0 Å². The molecule has 0 spiro atoms. The highest BCUT2D eigenvalue weighted by Gasteiger charge is 2.15. The van der Waals surface area contributed by atoms with Crippen molar-refractivity contribution in [3.05, 3.63) is 95.2 Å². The molecule has 0 unspecified atom stereocenters. The molecule has 32 heavy (non-hydrogen) atoms. The van der Waals surface area contributed by atoms with Crippen molar-refractivity contribution in [2.45, 2.75) is 0 Å². The Kier molecular flexibility index (Phi) is 3.74. The fraction of sp³-hybridized carbons (Fsp3) is 0. The lowest BCUT2D eigenvalue weighted by Gasteiger charge is -1.94. The fourth-order valence-corrected chi connectivity index (χ4v) is 9.65. The van der Waals surface area contributed by atoms with E-state index >= 15 is 0 Å². The molecule has 1 aromatic carbocycles. The van der Waals surface area contributed by atoms with Gasteiger partial charge in [-0.2, -0.15) is 17.5 Å². The molecular formula is C22H8N4S6. The normalized spacial score (nSPS) is 13.5. The summed E-state index contributed by atoms with van der Waals surface area (Å²) in [5, 5.41) is 2.11. The zero-order valence-electron chi connectivity index (χ0n) is 15.9. The van der Waals surface area contributed by atoms with Crippen LogP contribution in [0.15, 0.2) is 48.5 Å². The van der Waals surface area contributed by atoms with Crippen molar-refractivity contribution in [1.29, 1.82) is 0 Å². The molecule has 2 aliphatic heterocycles. The van der Waals surface area contributed by atoms with Crippen LogP contribution in [0, 0.1) is 46.7 Å². The van der Waals surface area contributed by atoms with E-state index in [4.69, 9.17) is 17.5 Å². The minimum atomic E-state index is 0.922. The Hall–Kier alpha value is -2.34. The summed E-state index contributed by atoms with van der Waals surface area (Å²) in [7, 11) is 0. The minimum Gasteiger partial charge on any atom is -0.172 e. The van der Waals surface area contributed by atoms with Gasteiger partial charge < -0.3 is 0 Å². The first-order valence-electron chi connectivity index (χ1n) is 9.65. The predicted molar refractivity (Wildman–Crippen MR) is 134 cm³/mol. The molecule has 10 bridgehead atoms. The zero-order chi connectivity index (χ0) is 20.8. The quantitative estimate of drug-likeness (QED) is 0.224. The summed E-state index contributed by atoms with van der Waals surface area (Å²) in [5.41, 5.74) is 3.69. The van der Waals surface area contributed by atoms with Gasteiger partial charge in [-0.25, -0.2) is 0 Å². The number of rotatable bonds is 0. The van der Waals surface area contributed by atoms with Gasteiger partial charge >= 0.3 is 0 Å². The Morgan fingerprint density at radius 3 is 0.906 bits per heavy atom. The van der Waals surface area contributed by atoms with Crippen molar-refractivity contribution in [2.24, 2.45) is 0 Å². The van der Waals surface area contributed by atoms with Gasteiger partial charge in [0.05, 0.1) is 23.5 Å². The molecule has 152 valence electrons. The third-order valence-corrected chi connectivity index (χ3v) is 11.6. The molecular weight excluding hydrogens is 513 g/mol. The smallest absolute Gasteiger partial charge is 0.116 e. The van der Waals surface area contributed by atoms with E-state index in [0.717, 1.165) is 41.6 Å².